The van der Waals surface area contributed by atoms with E-state index >= 15 is 0 Å². The standard InChI is InChI=1S/C30H30FN3O9/c1-34(2)23-18-12-14-11-17-16(13-3-5-15(6-4-13)33-29(41)43-10-9-31)7-8-19(35)21(17)24(36)20(14)26(38)30(18,42)27(39)22(25(23)37)28(32)40/h3-8,14,18,23,35-36,39,42H,9-12H2,1-2H3,(H2,32,40)(H,33,41)/t14-,18-,23-,30-/m0/s1. The lowest BCUT2D eigenvalue weighted by atomic mass is 9.57. The number of nitrogens with two attached hydrogens (primary N) is 1. The van der Waals surface area contributed by atoms with Crippen molar-refractivity contribution in [3.05, 3.63) is 64.4 Å². The number of carbonyl (C=O) groups excluding carboxylic acids is 4. The molecule has 3 aliphatic carbocycles. The summed E-state index contributed by atoms with van der Waals surface area (Å²) in [6.45, 7) is -1.19. The van der Waals surface area contributed by atoms with Crippen LogP contribution in [0.25, 0.3) is 16.9 Å². The van der Waals surface area contributed by atoms with Gasteiger partial charge in [0.25, 0.3) is 5.91 Å². The largest absolute Gasteiger partial charge is 0.508 e. The molecule has 1 saturated carbocycles. The predicted octanol–water partition coefficient (Wildman–Crippen LogP) is 2.15. The number of nitrogens with one attached hydrogen (secondary N) is 1. The Labute approximate surface area is 244 Å². The maximum Gasteiger partial charge on any atom is 0.411 e. The first kappa shape index (κ1) is 29.7. The number of aromatic hydroxyl groups is 1. The molecule has 0 heterocycles. The van der Waals surface area contributed by atoms with Gasteiger partial charge in [0.2, 0.25) is 5.78 Å². The van der Waals surface area contributed by atoms with Crippen LogP contribution in [-0.2, 0) is 25.5 Å². The lowest BCUT2D eigenvalue weighted by molar-refractivity contribution is -0.153. The van der Waals surface area contributed by atoms with Crippen LogP contribution >= 0.6 is 0 Å². The van der Waals surface area contributed by atoms with Crippen LogP contribution in [0.3, 0.4) is 0 Å². The number of phenols is 1. The van der Waals surface area contributed by atoms with Gasteiger partial charge in [0.05, 0.1) is 11.6 Å². The van der Waals surface area contributed by atoms with Crippen molar-refractivity contribution >= 4 is 35.0 Å². The second kappa shape index (κ2) is 10.8. The summed E-state index contributed by atoms with van der Waals surface area (Å²) in [5.74, 6) is -7.21. The van der Waals surface area contributed by atoms with Crippen molar-refractivity contribution in [2.24, 2.45) is 17.6 Å². The Hall–Kier alpha value is -4.75. The van der Waals surface area contributed by atoms with Crippen molar-refractivity contribution < 1.29 is 48.7 Å². The fourth-order valence-corrected chi connectivity index (χ4v) is 6.53. The van der Waals surface area contributed by atoms with Gasteiger partial charge in [0.15, 0.2) is 11.4 Å². The first-order valence-electron chi connectivity index (χ1n) is 13.4. The van der Waals surface area contributed by atoms with Gasteiger partial charge in [-0.1, -0.05) is 18.2 Å². The average molecular weight is 596 g/mol. The van der Waals surface area contributed by atoms with Gasteiger partial charge in [-0.3, -0.25) is 24.6 Å². The molecule has 0 aliphatic heterocycles. The third-order valence-corrected chi connectivity index (χ3v) is 8.36. The summed E-state index contributed by atoms with van der Waals surface area (Å²) in [6.07, 6.45) is -0.739. The Balaban J connectivity index is 1.59. The Morgan fingerprint density at radius 2 is 1.79 bits per heavy atom. The Morgan fingerprint density at radius 1 is 1.12 bits per heavy atom. The van der Waals surface area contributed by atoms with Crippen LogP contribution in [-0.4, -0.2) is 87.9 Å². The summed E-state index contributed by atoms with van der Waals surface area (Å²) in [5, 5.41) is 47.3. The number of likely N-dealkylation sites (N-methyl/N-ethyl adjacent to an activating group) is 1. The summed E-state index contributed by atoms with van der Waals surface area (Å²) in [5.41, 5.74) is 3.59. The van der Waals surface area contributed by atoms with Gasteiger partial charge in [0.1, 0.15) is 36.1 Å². The molecule has 2 amide bonds. The number of halogens is 1. The van der Waals surface area contributed by atoms with E-state index in [-0.39, 0.29) is 36.3 Å². The first-order valence-corrected chi connectivity index (χ1v) is 13.4. The minimum absolute atomic E-state index is 0.0363. The Bertz CT molecular complexity index is 1620. The molecule has 13 heteroatoms. The van der Waals surface area contributed by atoms with E-state index in [1.807, 2.05) is 0 Å². The molecule has 43 heavy (non-hydrogen) atoms. The summed E-state index contributed by atoms with van der Waals surface area (Å²) >= 11 is 0. The number of phenolic OH excluding ortho intramolecular Hbond substituents is 1. The number of rotatable bonds is 6. The highest BCUT2D eigenvalue weighted by Crippen LogP contribution is 2.53. The fraction of sp³-hybridized carbons (Fsp3) is 0.333. The molecular weight excluding hydrogens is 565 g/mol. The molecular formula is C30H30FN3O9. The van der Waals surface area contributed by atoms with Crippen molar-refractivity contribution in [1.29, 1.82) is 0 Å². The van der Waals surface area contributed by atoms with E-state index in [2.05, 4.69) is 10.1 Å². The summed E-state index contributed by atoms with van der Waals surface area (Å²) < 4.78 is 16.9. The number of hydrogen-bond donors (Lipinski definition) is 6. The van der Waals surface area contributed by atoms with Crippen LogP contribution in [0.1, 0.15) is 17.5 Å². The highest BCUT2D eigenvalue weighted by molar-refractivity contribution is 6.24. The monoisotopic (exact) mass is 595 g/mol. The molecule has 0 aromatic heterocycles. The zero-order valence-electron chi connectivity index (χ0n) is 23.3. The normalized spacial score (nSPS) is 24.8. The second-order valence-electron chi connectivity index (χ2n) is 11.0. The number of ether oxygens (including phenoxy) is 1. The Morgan fingerprint density at radius 3 is 2.40 bits per heavy atom. The average Bonchev–Trinajstić information content (AvgIpc) is 2.94. The lowest BCUT2D eigenvalue weighted by Gasteiger charge is -2.50. The molecule has 3 aliphatic rings. The van der Waals surface area contributed by atoms with E-state index in [1.54, 1.807) is 30.3 Å². The number of ketones is 2. The van der Waals surface area contributed by atoms with E-state index in [0.717, 1.165) is 0 Å². The molecule has 0 spiro atoms. The zero-order chi connectivity index (χ0) is 31.4. The van der Waals surface area contributed by atoms with Crippen LogP contribution < -0.4 is 11.1 Å². The van der Waals surface area contributed by atoms with Crippen LogP contribution in [0.15, 0.2) is 53.3 Å². The van der Waals surface area contributed by atoms with Crippen molar-refractivity contribution in [3.8, 4) is 16.9 Å². The molecule has 2 aromatic carbocycles. The molecule has 226 valence electrons. The quantitative estimate of drug-likeness (QED) is 0.269. The number of anilines is 1. The fourth-order valence-electron chi connectivity index (χ4n) is 6.53. The van der Waals surface area contributed by atoms with Gasteiger partial charge in [-0.2, -0.15) is 0 Å². The number of aliphatic hydroxyl groups excluding tert-OH is 2. The van der Waals surface area contributed by atoms with Crippen LogP contribution in [0.4, 0.5) is 14.9 Å². The summed E-state index contributed by atoms with van der Waals surface area (Å²) in [7, 11) is 3.06. The number of primary amides is 1. The molecule has 1 fully saturated rings. The van der Waals surface area contributed by atoms with E-state index in [9.17, 15) is 44.0 Å². The minimum Gasteiger partial charge on any atom is -0.508 e. The third-order valence-electron chi connectivity index (χ3n) is 8.36. The first-order chi connectivity index (χ1) is 20.3. The number of amides is 2. The third kappa shape index (κ3) is 4.61. The Kier molecular flexibility index (Phi) is 7.48. The van der Waals surface area contributed by atoms with Gasteiger partial charge in [0, 0.05) is 17.2 Å². The van der Waals surface area contributed by atoms with E-state index in [1.165, 1.54) is 25.1 Å². The van der Waals surface area contributed by atoms with E-state index < -0.39 is 70.8 Å². The van der Waals surface area contributed by atoms with Crippen molar-refractivity contribution in [2.45, 2.75) is 24.5 Å². The molecule has 0 saturated heterocycles. The molecule has 2 aromatic rings. The topological polar surface area (TPSA) is 200 Å². The number of aliphatic hydroxyl groups is 3. The molecule has 7 N–H and O–H groups in total. The van der Waals surface area contributed by atoms with E-state index in [0.29, 0.717) is 22.4 Å². The summed E-state index contributed by atoms with van der Waals surface area (Å²) in [6, 6.07) is 8.30. The number of fused-ring (bicyclic) bond motifs is 3. The lowest BCUT2D eigenvalue weighted by Crippen LogP contribution is -2.65. The molecule has 5 rings (SSSR count). The number of alkyl halides is 1. The minimum atomic E-state index is -2.72. The predicted molar refractivity (Wildman–Crippen MR) is 151 cm³/mol. The van der Waals surface area contributed by atoms with Crippen molar-refractivity contribution in [2.75, 3.05) is 32.7 Å². The van der Waals surface area contributed by atoms with Gasteiger partial charge in [-0.05, 0) is 67.7 Å². The number of nitrogens with zero attached hydrogens (tertiary/aromatic N) is 1. The molecule has 0 radical (unpaired) electrons. The zero-order valence-corrected chi connectivity index (χ0v) is 23.3. The van der Waals surface area contributed by atoms with E-state index in [4.69, 9.17) is 5.73 Å². The SMILES string of the molecule is CN(C)[C@@H]1C(=O)C(C(N)=O)=C(O)[C@@]2(O)C(=O)C3=C(O)c4c(O)ccc(-c5ccc(NC(=O)OCCF)cc5)c4C[C@H]3C[C@@H]12. The van der Waals surface area contributed by atoms with Crippen molar-refractivity contribution in [1.82, 2.24) is 4.90 Å². The van der Waals surface area contributed by atoms with Crippen LogP contribution in [0.5, 0.6) is 5.75 Å². The number of benzene rings is 2. The van der Waals surface area contributed by atoms with Gasteiger partial charge in [-0.25, -0.2) is 9.18 Å². The molecule has 0 unspecified atom stereocenters. The van der Waals surface area contributed by atoms with Gasteiger partial charge in [-0.15, -0.1) is 0 Å². The molecule has 4 atom stereocenters. The summed E-state index contributed by atoms with van der Waals surface area (Å²) in [4.78, 5) is 52.5. The smallest absolute Gasteiger partial charge is 0.411 e. The van der Waals surface area contributed by atoms with Crippen LogP contribution in [0.2, 0.25) is 0 Å². The second-order valence-corrected chi connectivity index (χ2v) is 11.0. The van der Waals surface area contributed by atoms with Gasteiger partial charge >= 0.3 is 6.09 Å². The highest BCUT2D eigenvalue weighted by atomic mass is 19.1. The number of carbonyl (C=O) groups is 4. The van der Waals surface area contributed by atoms with Crippen molar-refractivity contribution in [3.63, 3.8) is 0 Å². The van der Waals surface area contributed by atoms with Gasteiger partial charge < -0.3 is 30.9 Å². The molecule has 0 bridgehead atoms. The highest BCUT2D eigenvalue weighted by Gasteiger charge is 2.64. The maximum absolute atomic E-state index is 14.0. The maximum atomic E-state index is 14.0. The number of Topliss-reactive ketones (excluding diaryl/α,β-unsaturated/α-hetero) is 2. The molecule has 12 nitrogen and oxygen atoms in total. The van der Waals surface area contributed by atoms with Crippen LogP contribution in [0, 0.1) is 11.8 Å². The number of hydrogen-bond acceptors (Lipinski definition) is 10.